The maximum absolute atomic E-state index is 6.20. The van der Waals surface area contributed by atoms with Crippen LogP contribution in [0, 0.1) is 6.92 Å². The monoisotopic (exact) mass is 289 g/mol. The molecule has 2 rings (SSSR count). The van der Waals surface area contributed by atoms with Crippen molar-refractivity contribution in [2.24, 2.45) is 0 Å². The zero-order valence-electron chi connectivity index (χ0n) is 11.9. The Hall–Kier alpha value is -1.67. The van der Waals surface area contributed by atoms with Gasteiger partial charge in [-0.1, -0.05) is 42.8 Å². The lowest BCUT2D eigenvalue weighted by Gasteiger charge is -2.12. The number of benzene rings is 2. The van der Waals surface area contributed by atoms with Gasteiger partial charge in [-0.2, -0.15) is 0 Å². The molecule has 0 radical (unpaired) electrons. The van der Waals surface area contributed by atoms with Crippen LogP contribution >= 0.6 is 11.6 Å². The fourth-order valence-electron chi connectivity index (χ4n) is 1.97. The predicted octanol–water partition coefficient (Wildman–Crippen LogP) is 5.05. The van der Waals surface area contributed by atoms with Crippen molar-refractivity contribution in [2.45, 2.75) is 26.8 Å². The van der Waals surface area contributed by atoms with Crippen molar-refractivity contribution < 1.29 is 4.74 Å². The number of rotatable bonds is 6. The summed E-state index contributed by atoms with van der Waals surface area (Å²) in [4.78, 5) is 0. The molecule has 3 heteroatoms. The van der Waals surface area contributed by atoms with Crippen molar-refractivity contribution in [3.05, 3.63) is 58.6 Å². The molecule has 0 aromatic heterocycles. The van der Waals surface area contributed by atoms with E-state index in [9.17, 15) is 0 Å². The number of ether oxygens (including phenoxy) is 1. The molecule has 0 bridgehead atoms. The van der Waals surface area contributed by atoms with E-state index >= 15 is 0 Å². The summed E-state index contributed by atoms with van der Waals surface area (Å²) in [6.07, 6.45) is 1.02. The van der Waals surface area contributed by atoms with Gasteiger partial charge >= 0.3 is 0 Å². The third kappa shape index (κ3) is 3.91. The average molecular weight is 290 g/mol. The van der Waals surface area contributed by atoms with Crippen LogP contribution in [0.25, 0.3) is 0 Å². The first-order valence-electron chi connectivity index (χ1n) is 6.91. The lowest BCUT2D eigenvalue weighted by Crippen LogP contribution is -2.02. The van der Waals surface area contributed by atoms with Gasteiger partial charge in [-0.25, -0.2) is 0 Å². The first-order chi connectivity index (χ1) is 9.70. The Bertz CT molecular complexity index is 531. The molecule has 0 atom stereocenters. The van der Waals surface area contributed by atoms with E-state index in [2.05, 4.69) is 37.4 Å². The van der Waals surface area contributed by atoms with E-state index in [1.165, 1.54) is 5.56 Å². The smallest absolute Gasteiger partial charge is 0.119 e. The van der Waals surface area contributed by atoms with E-state index in [0.717, 1.165) is 41.6 Å². The summed E-state index contributed by atoms with van der Waals surface area (Å²) in [5.74, 6) is 0.921. The summed E-state index contributed by atoms with van der Waals surface area (Å²) >= 11 is 6.20. The highest BCUT2D eigenvalue weighted by Gasteiger charge is 2.03. The molecule has 0 aliphatic carbocycles. The summed E-state index contributed by atoms with van der Waals surface area (Å²) in [6, 6.07) is 14.1. The number of halogens is 1. The van der Waals surface area contributed by atoms with Gasteiger partial charge in [-0.05, 0) is 42.7 Å². The minimum absolute atomic E-state index is 0.749. The Morgan fingerprint density at radius 2 is 1.85 bits per heavy atom. The number of nitrogens with one attached hydrogen (secondary N) is 1. The Labute approximate surface area is 125 Å². The molecule has 0 amide bonds. The standard InChI is InChI=1S/C17H20ClNO/c1-3-11-20-15-9-7-14(8-10-15)12-19-17-13(2)5-4-6-16(17)18/h4-10,19H,3,11-12H2,1-2H3. The van der Waals surface area contributed by atoms with Gasteiger partial charge in [0.2, 0.25) is 0 Å². The van der Waals surface area contributed by atoms with Crippen molar-refractivity contribution >= 4 is 17.3 Å². The molecule has 0 heterocycles. The molecule has 0 aliphatic heterocycles. The van der Waals surface area contributed by atoms with Crippen LogP contribution < -0.4 is 10.1 Å². The van der Waals surface area contributed by atoms with E-state index in [0.29, 0.717) is 0 Å². The van der Waals surface area contributed by atoms with Crippen LogP contribution in [0.1, 0.15) is 24.5 Å². The Kier molecular flexibility index (Phi) is 5.31. The first-order valence-corrected chi connectivity index (χ1v) is 7.29. The second kappa shape index (κ2) is 7.20. The zero-order valence-corrected chi connectivity index (χ0v) is 12.7. The molecule has 1 N–H and O–H groups in total. The SMILES string of the molecule is CCCOc1ccc(CNc2c(C)cccc2Cl)cc1. The quantitative estimate of drug-likeness (QED) is 0.803. The summed E-state index contributed by atoms with van der Waals surface area (Å²) in [5, 5.41) is 4.14. The second-order valence-corrected chi connectivity index (χ2v) is 5.18. The van der Waals surface area contributed by atoms with Crippen molar-refractivity contribution in [3.63, 3.8) is 0 Å². The molecular weight excluding hydrogens is 270 g/mol. The Morgan fingerprint density at radius 3 is 2.50 bits per heavy atom. The number of hydrogen-bond donors (Lipinski definition) is 1. The normalized spacial score (nSPS) is 10.3. The topological polar surface area (TPSA) is 21.3 Å². The van der Waals surface area contributed by atoms with Gasteiger partial charge in [-0.3, -0.25) is 0 Å². The molecule has 0 aliphatic rings. The highest BCUT2D eigenvalue weighted by molar-refractivity contribution is 6.33. The zero-order chi connectivity index (χ0) is 14.4. The first kappa shape index (κ1) is 14.7. The number of hydrogen-bond acceptors (Lipinski definition) is 2. The molecule has 0 unspecified atom stereocenters. The fraction of sp³-hybridized carbons (Fsp3) is 0.294. The summed E-state index contributed by atoms with van der Waals surface area (Å²) in [6.45, 7) is 5.66. The molecule has 0 saturated carbocycles. The fourth-order valence-corrected chi connectivity index (χ4v) is 2.26. The predicted molar refractivity (Wildman–Crippen MR) is 85.7 cm³/mol. The maximum atomic E-state index is 6.20. The molecule has 106 valence electrons. The largest absolute Gasteiger partial charge is 0.494 e. The van der Waals surface area contributed by atoms with Crippen LogP contribution in [0.5, 0.6) is 5.75 Å². The minimum atomic E-state index is 0.749. The summed E-state index contributed by atoms with van der Waals surface area (Å²) < 4.78 is 5.57. The Balaban J connectivity index is 1.97. The Morgan fingerprint density at radius 1 is 1.10 bits per heavy atom. The van der Waals surface area contributed by atoms with Crippen LogP contribution in [0.15, 0.2) is 42.5 Å². The van der Waals surface area contributed by atoms with Gasteiger partial charge in [0.15, 0.2) is 0 Å². The number of para-hydroxylation sites is 1. The molecule has 0 saturated heterocycles. The third-order valence-corrected chi connectivity index (χ3v) is 3.40. The van der Waals surface area contributed by atoms with E-state index in [1.807, 2.05) is 24.3 Å². The van der Waals surface area contributed by atoms with Gasteiger partial charge in [0, 0.05) is 6.54 Å². The van der Waals surface area contributed by atoms with Crippen molar-refractivity contribution in [1.29, 1.82) is 0 Å². The van der Waals surface area contributed by atoms with Crippen molar-refractivity contribution in [3.8, 4) is 5.75 Å². The van der Waals surface area contributed by atoms with Gasteiger partial charge in [0.25, 0.3) is 0 Å². The summed E-state index contributed by atoms with van der Waals surface area (Å²) in [7, 11) is 0. The molecule has 0 spiro atoms. The molecular formula is C17H20ClNO. The third-order valence-electron chi connectivity index (χ3n) is 3.09. The van der Waals surface area contributed by atoms with Gasteiger partial charge in [0.05, 0.1) is 17.3 Å². The molecule has 20 heavy (non-hydrogen) atoms. The molecule has 0 fully saturated rings. The number of anilines is 1. The molecule has 2 aromatic rings. The van der Waals surface area contributed by atoms with Gasteiger partial charge < -0.3 is 10.1 Å². The highest BCUT2D eigenvalue weighted by Crippen LogP contribution is 2.25. The average Bonchev–Trinajstić information content (AvgIpc) is 2.46. The van der Waals surface area contributed by atoms with Crippen LogP contribution in [0.2, 0.25) is 5.02 Å². The summed E-state index contributed by atoms with van der Waals surface area (Å²) in [5.41, 5.74) is 3.36. The minimum Gasteiger partial charge on any atom is -0.494 e. The van der Waals surface area contributed by atoms with Crippen LogP contribution in [0.3, 0.4) is 0 Å². The van der Waals surface area contributed by atoms with Gasteiger partial charge in [-0.15, -0.1) is 0 Å². The number of aryl methyl sites for hydroxylation is 1. The van der Waals surface area contributed by atoms with Crippen LogP contribution in [0.4, 0.5) is 5.69 Å². The van der Waals surface area contributed by atoms with Crippen molar-refractivity contribution in [2.75, 3.05) is 11.9 Å². The molecule has 2 aromatic carbocycles. The van der Waals surface area contributed by atoms with E-state index in [1.54, 1.807) is 0 Å². The van der Waals surface area contributed by atoms with E-state index < -0.39 is 0 Å². The lowest BCUT2D eigenvalue weighted by atomic mass is 10.1. The van der Waals surface area contributed by atoms with Crippen molar-refractivity contribution in [1.82, 2.24) is 0 Å². The lowest BCUT2D eigenvalue weighted by molar-refractivity contribution is 0.317. The van der Waals surface area contributed by atoms with Gasteiger partial charge in [0.1, 0.15) is 5.75 Å². The van der Waals surface area contributed by atoms with E-state index in [4.69, 9.17) is 16.3 Å². The van der Waals surface area contributed by atoms with E-state index in [-0.39, 0.29) is 0 Å². The van der Waals surface area contributed by atoms with Crippen LogP contribution in [-0.2, 0) is 6.54 Å². The maximum Gasteiger partial charge on any atom is 0.119 e. The second-order valence-electron chi connectivity index (χ2n) is 4.78. The van der Waals surface area contributed by atoms with Crippen LogP contribution in [-0.4, -0.2) is 6.61 Å². The molecule has 2 nitrogen and oxygen atoms in total. The highest BCUT2D eigenvalue weighted by atomic mass is 35.5.